The molecule has 6 nitrogen and oxygen atoms in total. The van der Waals surface area contributed by atoms with E-state index in [1.165, 1.54) is 11.3 Å². The molecule has 0 aliphatic rings. The number of nitrogens with zero attached hydrogens (tertiary/aromatic N) is 3. The molecule has 2 N–H and O–H groups in total. The van der Waals surface area contributed by atoms with E-state index in [1.54, 1.807) is 6.26 Å². The van der Waals surface area contributed by atoms with E-state index in [-0.39, 0.29) is 30.0 Å². The summed E-state index contributed by atoms with van der Waals surface area (Å²) in [5, 5.41) is 11.5. The van der Waals surface area contributed by atoms with Crippen molar-refractivity contribution in [1.29, 1.82) is 0 Å². The van der Waals surface area contributed by atoms with Crippen molar-refractivity contribution in [3.63, 3.8) is 0 Å². The second-order valence-electron chi connectivity index (χ2n) is 6.86. The quantitative estimate of drug-likeness (QED) is 0.245. The Bertz CT molecular complexity index is 694. The third-order valence-electron chi connectivity index (χ3n) is 4.58. The number of hydrogen-bond donors (Lipinski definition) is 2. The van der Waals surface area contributed by atoms with Crippen LogP contribution in [-0.2, 0) is 19.9 Å². The minimum absolute atomic E-state index is 0. The van der Waals surface area contributed by atoms with Gasteiger partial charge in [-0.3, -0.25) is 9.67 Å². The highest BCUT2D eigenvalue weighted by Gasteiger charge is 2.14. The van der Waals surface area contributed by atoms with Crippen molar-refractivity contribution in [2.24, 2.45) is 12.0 Å². The van der Waals surface area contributed by atoms with Gasteiger partial charge in [0.25, 0.3) is 0 Å². The molecule has 0 aromatic carbocycles. The fourth-order valence-corrected chi connectivity index (χ4v) is 2.96. The lowest BCUT2D eigenvalue weighted by molar-refractivity contribution is 0.506. The average molecular weight is 487 g/mol. The molecule has 2 aromatic heterocycles. The smallest absolute Gasteiger partial charge is 0.191 e. The number of nitrogens with one attached hydrogen (secondary N) is 2. The van der Waals surface area contributed by atoms with Crippen molar-refractivity contribution in [3.05, 3.63) is 41.1 Å². The zero-order valence-electron chi connectivity index (χ0n) is 17.2. The molecule has 7 heteroatoms. The number of hydrogen-bond acceptors (Lipinski definition) is 3. The molecule has 0 aliphatic carbocycles. The average Bonchev–Trinajstić information content (AvgIpc) is 3.19. The van der Waals surface area contributed by atoms with Crippen LogP contribution in [0.15, 0.2) is 27.8 Å². The zero-order valence-corrected chi connectivity index (χ0v) is 19.5. The van der Waals surface area contributed by atoms with Crippen LogP contribution in [0, 0.1) is 13.8 Å². The molecule has 0 spiro atoms. The number of rotatable bonds is 9. The van der Waals surface area contributed by atoms with Crippen molar-refractivity contribution in [2.75, 3.05) is 13.1 Å². The molecule has 0 amide bonds. The lowest BCUT2D eigenvalue weighted by Gasteiger charge is -2.18. The Hall–Kier alpha value is -1.51. The standard InChI is InChI=1S/C20H33N5O.HI/c1-6-7-11-21-20(22-12-10-18-9-8-13-26-18)23-15(2)14-19-16(3)24-25(5)17(19)4;/h8-9,13,15H,6-7,10-12,14H2,1-5H3,(H2,21,22,23);1H. The second-order valence-corrected chi connectivity index (χ2v) is 6.86. The molecular formula is C20H34IN5O. The zero-order chi connectivity index (χ0) is 18.9. The van der Waals surface area contributed by atoms with E-state index < -0.39 is 0 Å². The maximum atomic E-state index is 5.39. The van der Waals surface area contributed by atoms with Gasteiger partial charge in [0.15, 0.2) is 5.96 Å². The van der Waals surface area contributed by atoms with Gasteiger partial charge in [0.05, 0.1) is 12.0 Å². The highest BCUT2D eigenvalue weighted by Crippen LogP contribution is 2.14. The molecule has 0 aliphatic heterocycles. The predicted octanol–water partition coefficient (Wildman–Crippen LogP) is 3.76. The number of unbranched alkanes of at least 4 members (excludes halogenated alkanes) is 1. The van der Waals surface area contributed by atoms with Gasteiger partial charge in [0.2, 0.25) is 0 Å². The van der Waals surface area contributed by atoms with Gasteiger partial charge in [-0.2, -0.15) is 5.10 Å². The van der Waals surface area contributed by atoms with E-state index in [0.29, 0.717) is 0 Å². The van der Waals surface area contributed by atoms with Crippen LogP contribution in [0.5, 0.6) is 0 Å². The Balaban J connectivity index is 0.00000364. The SMILES string of the molecule is CCCCN=C(NCCc1ccco1)NC(C)Cc1c(C)nn(C)c1C.I. The Morgan fingerprint density at radius 3 is 2.74 bits per heavy atom. The molecule has 2 aromatic rings. The third kappa shape index (κ3) is 7.56. The van der Waals surface area contributed by atoms with E-state index in [0.717, 1.165) is 56.2 Å². The third-order valence-corrected chi connectivity index (χ3v) is 4.58. The molecule has 0 radical (unpaired) electrons. The molecule has 0 saturated carbocycles. The van der Waals surface area contributed by atoms with Crippen molar-refractivity contribution < 1.29 is 4.42 Å². The summed E-state index contributed by atoms with van der Waals surface area (Å²) in [6.45, 7) is 10.2. The van der Waals surface area contributed by atoms with Crippen LogP contribution >= 0.6 is 24.0 Å². The van der Waals surface area contributed by atoms with Gasteiger partial charge in [-0.15, -0.1) is 24.0 Å². The number of guanidine groups is 1. The van der Waals surface area contributed by atoms with Crippen LogP contribution in [-0.4, -0.2) is 34.9 Å². The molecule has 27 heavy (non-hydrogen) atoms. The van der Waals surface area contributed by atoms with Gasteiger partial charge in [-0.1, -0.05) is 13.3 Å². The monoisotopic (exact) mass is 487 g/mol. The molecule has 2 rings (SSSR count). The second kappa shape index (κ2) is 12.0. The number of aliphatic imine (C=N–C) groups is 1. The number of halogens is 1. The van der Waals surface area contributed by atoms with Gasteiger partial charge >= 0.3 is 0 Å². The Labute approximate surface area is 180 Å². The number of aromatic nitrogens is 2. The molecule has 1 unspecified atom stereocenters. The van der Waals surface area contributed by atoms with Gasteiger partial charge in [-0.25, -0.2) is 0 Å². The van der Waals surface area contributed by atoms with Crippen molar-refractivity contribution in [3.8, 4) is 0 Å². The molecule has 0 bridgehead atoms. The molecular weight excluding hydrogens is 453 g/mol. The van der Waals surface area contributed by atoms with Crippen molar-refractivity contribution >= 4 is 29.9 Å². The maximum Gasteiger partial charge on any atom is 0.191 e. The largest absolute Gasteiger partial charge is 0.469 e. The minimum atomic E-state index is 0. The fourth-order valence-electron chi connectivity index (χ4n) is 2.96. The summed E-state index contributed by atoms with van der Waals surface area (Å²) in [6, 6.07) is 4.19. The first-order valence-electron chi connectivity index (χ1n) is 9.57. The summed E-state index contributed by atoms with van der Waals surface area (Å²) < 4.78 is 7.35. The van der Waals surface area contributed by atoms with Crippen LogP contribution in [0.2, 0.25) is 0 Å². The Morgan fingerprint density at radius 1 is 1.37 bits per heavy atom. The minimum Gasteiger partial charge on any atom is -0.469 e. The summed E-state index contributed by atoms with van der Waals surface area (Å²) in [5.74, 6) is 1.86. The van der Waals surface area contributed by atoms with Crippen LogP contribution in [0.3, 0.4) is 0 Å². The summed E-state index contributed by atoms with van der Waals surface area (Å²) >= 11 is 0. The molecule has 152 valence electrons. The van der Waals surface area contributed by atoms with Gasteiger partial charge in [0, 0.05) is 38.3 Å². The van der Waals surface area contributed by atoms with Crippen molar-refractivity contribution in [1.82, 2.24) is 20.4 Å². The van der Waals surface area contributed by atoms with E-state index >= 15 is 0 Å². The topological polar surface area (TPSA) is 67.4 Å². The van der Waals surface area contributed by atoms with Crippen LogP contribution in [0.4, 0.5) is 0 Å². The lowest BCUT2D eigenvalue weighted by atomic mass is 10.1. The van der Waals surface area contributed by atoms with Crippen LogP contribution < -0.4 is 10.6 Å². The van der Waals surface area contributed by atoms with Crippen molar-refractivity contribution in [2.45, 2.75) is 59.4 Å². The molecule has 0 saturated heterocycles. The van der Waals surface area contributed by atoms with Gasteiger partial charge < -0.3 is 15.1 Å². The van der Waals surface area contributed by atoms with E-state index in [9.17, 15) is 0 Å². The summed E-state index contributed by atoms with van der Waals surface area (Å²) in [7, 11) is 2.00. The van der Waals surface area contributed by atoms with E-state index in [4.69, 9.17) is 9.41 Å². The Morgan fingerprint density at radius 2 is 2.15 bits per heavy atom. The summed E-state index contributed by atoms with van der Waals surface area (Å²) in [5.41, 5.74) is 3.65. The first-order chi connectivity index (χ1) is 12.5. The molecule has 2 heterocycles. The highest BCUT2D eigenvalue weighted by atomic mass is 127. The van der Waals surface area contributed by atoms with Crippen LogP contribution in [0.1, 0.15) is 49.4 Å². The van der Waals surface area contributed by atoms with E-state index in [1.807, 2.05) is 23.9 Å². The fraction of sp³-hybridized carbons (Fsp3) is 0.600. The van der Waals surface area contributed by atoms with E-state index in [2.05, 4.69) is 43.4 Å². The predicted molar refractivity (Wildman–Crippen MR) is 122 cm³/mol. The number of aryl methyl sites for hydroxylation is 2. The van der Waals surface area contributed by atoms with Crippen LogP contribution in [0.25, 0.3) is 0 Å². The summed E-state index contributed by atoms with van der Waals surface area (Å²) in [6.07, 6.45) is 5.73. The Kier molecular flexibility index (Phi) is 10.5. The molecule has 1 atom stereocenters. The van der Waals surface area contributed by atoms with Gasteiger partial charge in [-0.05, 0) is 51.3 Å². The first-order valence-corrected chi connectivity index (χ1v) is 9.57. The normalized spacial score (nSPS) is 12.6. The van der Waals surface area contributed by atoms with Gasteiger partial charge in [0.1, 0.15) is 5.76 Å². The lowest BCUT2D eigenvalue weighted by Crippen LogP contribution is -2.44. The number of furan rings is 1. The first kappa shape index (κ1) is 23.5. The maximum absolute atomic E-state index is 5.39. The molecule has 0 fully saturated rings. The highest BCUT2D eigenvalue weighted by molar-refractivity contribution is 14.0. The summed E-state index contributed by atoms with van der Waals surface area (Å²) in [4.78, 5) is 4.71.